The zero-order chi connectivity index (χ0) is 50.5. The van der Waals surface area contributed by atoms with Crippen LogP contribution in [-0.2, 0) is 28.6 Å². The van der Waals surface area contributed by atoms with Gasteiger partial charge >= 0.3 is 17.9 Å². The van der Waals surface area contributed by atoms with Crippen LogP contribution in [0.25, 0.3) is 0 Å². The van der Waals surface area contributed by atoms with Crippen LogP contribution in [0.1, 0.15) is 350 Å². The lowest BCUT2D eigenvalue weighted by atomic mass is 9.99. The fourth-order valence-electron chi connectivity index (χ4n) is 9.64. The molecule has 0 aliphatic rings. The summed E-state index contributed by atoms with van der Waals surface area (Å²) in [4.78, 5) is 38.2. The topological polar surface area (TPSA) is 78.9 Å². The summed E-state index contributed by atoms with van der Waals surface area (Å²) >= 11 is 0. The Balaban J connectivity index is 4.26. The van der Waals surface area contributed by atoms with Crippen LogP contribution in [0.2, 0.25) is 0 Å². The molecular weight excluding hydrogens is 853 g/mol. The van der Waals surface area contributed by atoms with E-state index in [2.05, 4.69) is 41.5 Å². The van der Waals surface area contributed by atoms with Crippen LogP contribution in [0.5, 0.6) is 0 Å². The highest BCUT2D eigenvalue weighted by molar-refractivity contribution is 5.71. The number of carbonyl (C=O) groups excluding carboxylic acids is 3. The largest absolute Gasteiger partial charge is 0.462 e. The van der Waals surface area contributed by atoms with Crippen LogP contribution >= 0.6 is 0 Å². The summed E-state index contributed by atoms with van der Waals surface area (Å²) in [5, 5.41) is 0. The zero-order valence-electron chi connectivity index (χ0n) is 47.6. The lowest BCUT2D eigenvalue weighted by Gasteiger charge is -2.18. The Hall–Kier alpha value is -1.59. The fraction of sp³-hybridized carbons (Fsp3) is 0.952. The minimum Gasteiger partial charge on any atom is -0.462 e. The Bertz CT molecular complexity index is 1070. The number of unbranched alkanes of at least 4 members (excludes halogenated alkanes) is 37. The molecule has 0 aromatic heterocycles. The molecule has 0 rings (SSSR count). The van der Waals surface area contributed by atoms with Crippen molar-refractivity contribution in [1.29, 1.82) is 0 Å². The molecule has 2 unspecified atom stereocenters. The van der Waals surface area contributed by atoms with Gasteiger partial charge in [-0.25, -0.2) is 0 Å². The van der Waals surface area contributed by atoms with E-state index in [4.69, 9.17) is 14.2 Å². The molecule has 410 valence electrons. The SMILES string of the molecule is CCC(C)CCCCCCCCCCCCCCCCC(=O)OC[C@@H](COC(=O)CCCCCCCCCCC(C)CC)OC(=O)CCCCCCCCCCCCCCCCCCCCC(C)C. The molecule has 0 aliphatic heterocycles. The molecular formula is C63H122O6. The Morgan fingerprint density at radius 3 is 0.754 bits per heavy atom. The maximum Gasteiger partial charge on any atom is 0.306 e. The van der Waals surface area contributed by atoms with Gasteiger partial charge in [-0.2, -0.15) is 0 Å². The van der Waals surface area contributed by atoms with E-state index in [1.165, 1.54) is 231 Å². The number of ether oxygens (including phenoxy) is 3. The summed E-state index contributed by atoms with van der Waals surface area (Å²) in [6.07, 6.45) is 58.1. The van der Waals surface area contributed by atoms with Crippen LogP contribution in [0.4, 0.5) is 0 Å². The minimum atomic E-state index is -0.764. The zero-order valence-corrected chi connectivity index (χ0v) is 47.6. The Morgan fingerprint density at radius 1 is 0.290 bits per heavy atom. The minimum absolute atomic E-state index is 0.0633. The van der Waals surface area contributed by atoms with E-state index in [1.807, 2.05) is 0 Å². The highest BCUT2D eigenvalue weighted by atomic mass is 16.6. The number of rotatable bonds is 56. The van der Waals surface area contributed by atoms with Crippen molar-refractivity contribution in [3.8, 4) is 0 Å². The third-order valence-electron chi connectivity index (χ3n) is 15.1. The van der Waals surface area contributed by atoms with Gasteiger partial charge in [0.2, 0.25) is 0 Å². The first-order chi connectivity index (χ1) is 33.7. The van der Waals surface area contributed by atoms with Crippen LogP contribution in [0, 0.1) is 17.8 Å². The highest BCUT2D eigenvalue weighted by Gasteiger charge is 2.19. The van der Waals surface area contributed by atoms with E-state index in [-0.39, 0.29) is 31.1 Å². The van der Waals surface area contributed by atoms with Crippen molar-refractivity contribution in [2.45, 2.75) is 356 Å². The summed E-state index contributed by atoms with van der Waals surface area (Å²) in [5.41, 5.74) is 0. The van der Waals surface area contributed by atoms with E-state index in [9.17, 15) is 14.4 Å². The Labute approximate surface area is 431 Å². The predicted octanol–water partition coefficient (Wildman–Crippen LogP) is 20.7. The van der Waals surface area contributed by atoms with Crippen molar-refractivity contribution in [1.82, 2.24) is 0 Å². The van der Waals surface area contributed by atoms with Gasteiger partial charge in [0.05, 0.1) is 0 Å². The molecule has 0 saturated heterocycles. The summed E-state index contributed by atoms with van der Waals surface area (Å²) in [6, 6.07) is 0. The van der Waals surface area contributed by atoms with Gasteiger partial charge in [-0.1, -0.05) is 311 Å². The van der Waals surface area contributed by atoms with Crippen molar-refractivity contribution in [3.05, 3.63) is 0 Å². The second-order valence-electron chi connectivity index (χ2n) is 22.7. The average molecular weight is 976 g/mol. The molecule has 0 bridgehead atoms. The van der Waals surface area contributed by atoms with E-state index < -0.39 is 6.10 Å². The van der Waals surface area contributed by atoms with Crippen molar-refractivity contribution in [3.63, 3.8) is 0 Å². The normalized spacial score (nSPS) is 12.9. The second kappa shape index (κ2) is 54.2. The van der Waals surface area contributed by atoms with Crippen LogP contribution in [0.3, 0.4) is 0 Å². The van der Waals surface area contributed by atoms with E-state index in [0.717, 1.165) is 75.5 Å². The molecule has 3 atom stereocenters. The van der Waals surface area contributed by atoms with E-state index in [1.54, 1.807) is 0 Å². The molecule has 0 aromatic carbocycles. The Kier molecular flexibility index (Phi) is 52.9. The molecule has 0 heterocycles. The molecule has 0 saturated carbocycles. The molecule has 6 nitrogen and oxygen atoms in total. The van der Waals surface area contributed by atoms with Crippen molar-refractivity contribution < 1.29 is 28.6 Å². The van der Waals surface area contributed by atoms with Gasteiger partial charge in [0.15, 0.2) is 6.10 Å². The number of esters is 3. The van der Waals surface area contributed by atoms with E-state index >= 15 is 0 Å². The summed E-state index contributed by atoms with van der Waals surface area (Å²) < 4.78 is 16.9. The summed E-state index contributed by atoms with van der Waals surface area (Å²) in [5.74, 6) is 1.76. The van der Waals surface area contributed by atoms with Crippen molar-refractivity contribution in [2.75, 3.05) is 13.2 Å². The smallest absolute Gasteiger partial charge is 0.306 e. The molecule has 0 radical (unpaired) electrons. The molecule has 0 amide bonds. The molecule has 0 fully saturated rings. The maximum atomic E-state index is 12.9. The van der Waals surface area contributed by atoms with Crippen LogP contribution < -0.4 is 0 Å². The predicted molar refractivity (Wildman–Crippen MR) is 298 cm³/mol. The van der Waals surface area contributed by atoms with Gasteiger partial charge in [0.1, 0.15) is 13.2 Å². The Morgan fingerprint density at radius 2 is 0.507 bits per heavy atom. The maximum absolute atomic E-state index is 12.9. The third-order valence-corrected chi connectivity index (χ3v) is 15.1. The summed E-state index contributed by atoms with van der Waals surface area (Å²) in [6.45, 7) is 13.8. The van der Waals surface area contributed by atoms with Crippen LogP contribution in [-0.4, -0.2) is 37.2 Å². The standard InChI is InChI=1S/C63H122O6/c1-7-58(5)50-44-38-32-26-22-18-15-16-19-23-27-34-40-46-52-61(64)67-55-60(56-68-62(65)53-47-41-35-30-29-33-39-45-51-59(6)8-2)69-63(66)54-48-42-36-28-24-20-14-12-10-9-11-13-17-21-25-31-37-43-49-57(3)4/h57-60H,7-56H2,1-6H3/t58?,59?,60-/m0/s1. The van der Waals surface area contributed by atoms with E-state index in [0.29, 0.717) is 19.3 Å². The van der Waals surface area contributed by atoms with Gasteiger partial charge in [0.25, 0.3) is 0 Å². The number of hydrogen-bond donors (Lipinski definition) is 0. The average Bonchev–Trinajstić information content (AvgIpc) is 3.34. The number of hydrogen-bond acceptors (Lipinski definition) is 6. The van der Waals surface area contributed by atoms with Crippen LogP contribution in [0.15, 0.2) is 0 Å². The third kappa shape index (κ3) is 54.0. The molecule has 0 aliphatic carbocycles. The molecule has 6 heteroatoms. The molecule has 69 heavy (non-hydrogen) atoms. The van der Waals surface area contributed by atoms with Gasteiger partial charge < -0.3 is 14.2 Å². The summed E-state index contributed by atoms with van der Waals surface area (Å²) in [7, 11) is 0. The lowest BCUT2D eigenvalue weighted by molar-refractivity contribution is -0.167. The molecule has 0 N–H and O–H groups in total. The van der Waals surface area contributed by atoms with Crippen molar-refractivity contribution >= 4 is 17.9 Å². The quantitative estimate of drug-likeness (QED) is 0.0343. The molecule has 0 spiro atoms. The lowest BCUT2D eigenvalue weighted by Crippen LogP contribution is -2.30. The molecule has 0 aromatic rings. The van der Waals surface area contributed by atoms with Gasteiger partial charge in [-0.05, 0) is 37.0 Å². The van der Waals surface area contributed by atoms with Crippen molar-refractivity contribution in [2.24, 2.45) is 17.8 Å². The number of carbonyl (C=O) groups is 3. The van der Waals surface area contributed by atoms with Gasteiger partial charge in [-0.15, -0.1) is 0 Å². The van der Waals surface area contributed by atoms with Gasteiger partial charge in [0, 0.05) is 19.3 Å². The second-order valence-corrected chi connectivity index (χ2v) is 22.7. The van der Waals surface area contributed by atoms with Gasteiger partial charge in [-0.3, -0.25) is 14.4 Å². The first kappa shape index (κ1) is 67.4. The fourth-order valence-corrected chi connectivity index (χ4v) is 9.64. The first-order valence-corrected chi connectivity index (χ1v) is 31.2. The monoisotopic (exact) mass is 975 g/mol. The highest BCUT2D eigenvalue weighted by Crippen LogP contribution is 2.20. The first-order valence-electron chi connectivity index (χ1n) is 31.2.